The van der Waals surface area contributed by atoms with E-state index in [1.54, 1.807) is 30.4 Å². The molecule has 0 amide bonds. The van der Waals surface area contributed by atoms with Gasteiger partial charge in [0.15, 0.2) is 23.0 Å². The van der Waals surface area contributed by atoms with Gasteiger partial charge in [-0.3, -0.25) is 9.98 Å². The molecule has 1 heterocycles. The van der Waals surface area contributed by atoms with Gasteiger partial charge in [0.2, 0.25) is 0 Å². The lowest BCUT2D eigenvalue weighted by Crippen LogP contribution is -2.49. The van der Waals surface area contributed by atoms with Crippen molar-refractivity contribution in [2.24, 2.45) is 21.3 Å². The van der Waals surface area contributed by atoms with E-state index in [9.17, 15) is 30.6 Å². The van der Waals surface area contributed by atoms with Gasteiger partial charge in [0, 0.05) is 36.9 Å². The van der Waals surface area contributed by atoms with Crippen LogP contribution in [-0.2, 0) is 25.8 Å². The molecular weight excluding hydrogens is 654 g/mol. The molecule has 9 heteroatoms. The van der Waals surface area contributed by atoms with Crippen molar-refractivity contribution in [1.82, 2.24) is 5.32 Å². The third-order valence-corrected chi connectivity index (χ3v) is 11.1. The Kier molecular flexibility index (Phi) is 11.8. The van der Waals surface area contributed by atoms with Crippen LogP contribution in [-0.4, -0.2) is 62.4 Å². The zero-order valence-electron chi connectivity index (χ0n) is 30.0. The average molecular weight is 706 g/mol. The summed E-state index contributed by atoms with van der Waals surface area (Å²) in [7, 11) is 0. The Morgan fingerprint density at radius 1 is 0.846 bits per heavy atom. The highest BCUT2D eigenvalue weighted by atomic mass is 16.3. The van der Waals surface area contributed by atoms with Crippen LogP contribution in [0.1, 0.15) is 85.3 Å². The molecule has 9 nitrogen and oxygen atoms in total. The van der Waals surface area contributed by atoms with Crippen LogP contribution in [0, 0.1) is 11.3 Å². The summed E-state index contributed by atoms with van der Waals surface area (Å²) >= 11 is 0. The lowest BCUT2D eigenvalue weighted by molar-refractivity contribution is 0.0966. The molecule has 4 aromatic carbocycles. The largest absolute Gasteiger partial charge is 0.507 e. The highest BCUT2D eigenvalue weighted by Gasteiger charge is 2.44. The van der Waals surface area contributed by atoms with Crippen LogP contribution in [0.2, 0.25) is 0 Å². The van der Waals surface area contributed by atoms with Gasteiger partial charge in [-0.15, -0.1) is 0 Å². The molecule has 4 aromatic rings. The summed E-state index contributed by atoms with van der Waals surface area (Å²) < 4.78 is 0. The first kappa shape index (κ1) is 36.9. The number of benzene rings is 4. The van der Waals surface area contributed by atoms with Crippen LogP contribution in [0.3, 0.4) is 0 Å². The Bertz CT molecular complexity index is 1990. The molecular formula is C43H51N3O6. The quantitative estimate of drug-likeness (QED) is 0.0378. The van der Waals surface area contributed by atoms with Gasteiger partial charge >= 0.3 is 0 Å². The van der Waals surface area contributed by atoms with Crippen molar-refractivity contribution in [3.8, 4) is 28.7 Å². The number of aliphatic hydroxyl groups is 1. The summed E-state index contributed by atoms with van der Waals surface area (Å²) in [4.78, 5) is 9.12. The first-order valence-corrected chi connectivity index (χ1v) is 18.6. The van der Waals surface area contributed by atoms with E-state index < -0.39 is 0 Å². The predicted octanol–water partition coefficient (Wildman–Crippen LogP) is 7.80. The smallest absolute Gasteiger partial charge is 0.169 e. The number of hydrogen-bond donors (Lipinski definition) is 7. The van der Waals surface area contributed by atoms with E-state index in [-0.39, 0.29) is 52.1 Å². The Morgan fingerprint density at radius 3 is 2.48 bits per heavy atom. The number of phenolic OH excluding ortho intramolecular Hbond substituents is 5. The molecule has 1 aliphatic heterocycles. The number of aryl methyl sites for hydroxylation is 2. The van der Waals surface area contributed by atoms with E-state index in [0.29, 0.717) is 48.1 Å². The van der Waals surface area contributed by atoms with Gasteiger partial charge in [-0.1, -0.05) is 81.2 Å². The highest BCUT2D eigenvalue weighted by molar-refractivity contribution is 6.34. The van der Waals surface area contributed by atoms with E-state index in [0.717, 1.165) is 69.2 Å². The van der Waals surface area contributed by atoms with Crippen LogP contribution in [0.25, 0.3) is 22.9 Å². The fourth-order valence-electron chi connectivity index (χ4n) is 8.14. The van der Waals surface area contributed by atoms with Gasteiger partial charge in [-0.25, -0.2) is 0 Å². The summed E-state index contributed by atoms with van der Waals surface area (Å²) in [6, 6.07) is 16.1. The second-order valence-corrected chi connectivity index (χ2v) is 14.3. The van der Waals surface area contributed by atoms with Gasteiger partial charge in [0.1, 0.15) is 12.4 Å². The molecule has 6 rings (SSSR count). The Balaban J connectivity index is 1.26. The van der Waals surface area contributed by atoms with E-state index >= 15 is 0 Å². The number of rotatable bonds is 15. The number of phenols is 5. The van der Waals surface area contributed by atoms with Crippen molar-refractivity contribution < 1.29 is 30.6 Å². The fraction of sp³-hybridized carbons (Fsp3) is 0.395. The normalized spacial score (nSPS) is 18.8. The molecule has 2 unspecified atom stereocenters. The standard InChI is InChI=1S/C43H51N3O6/c1-2-3-4-8-30-21-28(12-16-31(30)23-44-26-43(39-24-45-27-46-39)20-6-5-9-32(43)25-47)14-18-35-33(17-13-29-15-19-36(48)38(50)22-29)34-10-7-11-37(49)40(34)42(52)41(35)51/h7,10-13,15-17,19,21-22,24,32,44,47-52H,2-6,8-9,14,18,20,23,25-27H2,1H3. The fourth-order valence-corrected chi connectivity index (χ4v) is 8.14. The number of nitrogens with zero attached hydrogens (tertiary/aromatic N) is 2. The molecule has 274 valence electrons. The first-order chi connectivity index (χ1) is 25.3. The molecule has 0 radical (unpaired) electrons. The Labute approximate surface area is 305 Å². The third-order valence-electron chi connectivity index (χ3n) is 11.1. The third kappa shape index (κ3) is 7.81. The van der Waals surface area contributed by atoms with Crippen molar-refractivity contribution in [2.75, 3.05) is 19.8 Å². The second kappa shape index (κ2) is 16.7. The Morgan fingerprint density at radius 2 is 1.71 bits per heavy atom. The van der Waals surface area contributed by atoms with Crippen LogP contribution in [0.15, 0.2) is 64.6 Å². The van der Waals surface area contributed by atoms with Crippen molar-refractivity contribution >= 4 is 34.9 Å². The number of aliphatic hydroxyl groups excluding tert-OH is 1. The molecule has 1 fully saturated rings. The lowest BCUT2D eigenvalue weighted by Gasteiger charge is -2.43. The van der Waals surface area contributed by atoms with Gasteiger partial charge in [-0.05, 0) is 95.8 Å². The topological polar surface area (TPSA) is 158 Å². The minimum absolute atomic E-state index is 0.139. The monoisotopic (exact) mass is 705 g/mol. The molecule has 0 saturated heterocycles. The molecule has 0 spiro atoms. The van der Waals surface area contributed by atoms with Crippen LogP contribution >= 0.6 is 0 Å². The number of nitrogens with one attached hydrogen (secondary N) is 1. The number of hydrogen-bond acceptors (Lipinski definition) is 9. The summed E-state index contributed by atoms with van der Waals surface area (Å²) in [6.45, 7) is 4.26. The number of aromatic hydroxyl groups is 5. The maximum atomic E-state index is 11.3. The van der Waals surface area contributed by atoms with Gasteiger partial charge in [0.25, 0.3) is 0 Å². The maximum absolute atomic E-state index is 11.3. The molecule has 1 saturated carbocycles. The van der Waals surface area contributed by atoms with Gasteiger partial charge < -0.3 is 36.0 Å². The van der Waals surface area contributed by atoms with Gasteiger partial charge in [0.05, 0.1) is 11.1 Å². The minimum atomic E-state index is -0.363. The van der Waals surface area contributed by atoms with Gasteiger partial charge in [-0.2, -0.15) is 0 Å². The molecule has 7 N–H and O–H groups in total. The highest BCUT2D eigenvalue weighted by Crippen LogP contribution is 2.46. The molecule has 1 aliphatic carbocycles. The molecule has 2 aliphatic rings. The predicted molar refractivity (Wildman–Crippen MR) is 209 cm³/mol. The lowest BCUT2D eigenvalue weighted by atomic mass is 9.63. The van der Waals surface area contributed by atoms with Crippen molar-refractivity contribution in [2.45, 2.75) is 77.7 Å². The van der Waals surface area contributed by atoms with E-state index in [1.165, 1.54) is 29.3 Å². The van der Waals surface area contributed by atoms with Crippen molar-refractivity contribution in [3.05, 3.63) is 88.0 Å². The zero-order valence-corrected chi connectivity index (χ0v) is 30.0. The first-order valence-electron chi connectivity index (χ1n) is 18.6. The van der Waals surface area contributed by atoms with Crippen molar-refractivity contribution in [1.29, 1.82) is 0 Å². The maximum Gasteiger partial charge on any atom is 0.169 e. The SMILES string of the molecule is CCCCCc1cc(CCc2c(O)c(O)c3c(O)cccc3c2C=Cc2ccc(O)c(O)c2)ccc1CNCC1(C2=NCN=C2)CCCCC1CO. The number of unbranched alkanes of at least 4 members (excludes halogenated alkanes) is 2. The van der Waals surface area contributed by atoms with E-state index in [4.69, 9.17) is 4.99 Å². The Hall–Kier alpha value is -4.86. The van der Waals surface area contributed by atoms with E-state index in [1.807, 2.05) is 6.21 Å². The zero-order chi connectivity index (χ0) is 36.7. The summed E-state index contributed by atoms with van der Waals surface area (Å²) in [5.41, 5.74) is 6.28. The second-order valence-electron chi connectivity index (χ2n) is 14.3. The minimum Gasteiger partial charge on any atom is -0.507 e. The van der Waals surface area contributed by atoms with E-state index in [2.05, 4.69) is 35.4 Å². The van der Waals surface area contributed by atoms with Crippen LogP contribution in [0.4, 0.5) is 0 Å². The molecule has 2 atom stereocenters. The number of fused-ring (bicyclic) bond motifs is 1. The van der Waals surface area contributed by atoms with Crippen LogP contribution in [0.5, 0.6) is 28.7 Å². The summed E-state index contributed by atoms with van der Waals surface area (Å²) in [6.07, 6.45) is 15.0. The van der Waals surface area contributed by atoms with Crippen molar-refractivity contribution in [3.63, 3.8) is 0 Å². The molecule has 52 heavy (non-hydrogen) atoms. The average Bonchev–Trinajstić information content (AvgIpc) is 3.70. The number of aliphatic imine (C=N–C) groups is 2. The summed E-state index contributed by atoms with van der Waals surface area (Å²) in [5, 5.41) is 67.7. The summed E-state index contributed by atoms with van der Waals surface area (Å²) in [5.74, 6) is -1.08. The molecule has 0 bridgehead atoms. The molecule has 0 aromatic heterocycles. The van der Waals surface area contributed by atoms with Crippen LogP contribution < -0.4 is 5.32 Å².